The minimum Gasteiger partial charge on any atom is -0.321 e. The number of amides is 2. The molecule has 188 valence electrons. The Kier molecular flexibility index (Phi) is 11.7. The van der Waals surface area contributed by atoms with Gasteiger partial charge in [0.25, 0.3) is 11.8 Å². The number of nitrogens with one attached hydrogen (secondary N) is 1. The number of fused-ring (bicyclic) bond motifs is 1. The maximum absolute atomic E-state index is 13.6. The molecule has 0 aromatic heterocycles. The van der Waals surface area contributed by atoms with Gasteiger partial charge in [0.1, 0.15) is 0 Å². The van der Waals surface area contributed by atoms with Gasteiger partial charge in [0, 0.05) is 17.7 Å². The number of unbranched alkanes of at least 4 members (excludes halogenated alkanes) is 2. The van der Waals surface area contributed by atoms with Crippen LogP contribution >= 0.6 is 12.4 Å². The van der Waals surface area contributed by atoms with E-state index in [4.69, 9.17) is 5.21 Å². The van der Waals surface area contributed by atoms with Crippen molar-refractivity contribution in [2.24, 2.45) is 0 Å². The minimum atomic E-state index is -0.600. The van der Waals surface area contributed by atoms with Crippen LogP contribution in [0.4, 0.5) is 0 Å². The summed E-state index contributed by atoms with van der Waals surface area (Å²) in [5.74, 6) is -0.681. The average molecular weight is 498 g/mol. The molecule has 2 amide bonds. The molecule has 0 aliphatic rings. The molecular formula is C28H36ClN3O3. The highest BCUT2D eigenvalue weighted by Gasteiger charge is 2.20. The summed E-state index contributed by atoms with van der Waals surface area (Å²) in [6.07, 6.45) is 4.39. The first-order valence-electron chi connectivity index (χ1n) is 12.1. The van der Waals surface area contributed by atoms with Crippen LogP contribution in [-0.2, 0) is 6.54 Å². The third-order valence-corrected chi connectivity index (χ3v) is 6.00. The van der Waals surface area contributed by atoms with Crippen molar-refractivity contribution >= 4 is 35.0 Å². The van der Waals surface area contributed by atoms with E-state index in [2.05, 4.69) is 49.1 Å². The maximum atomic E-state index is 13.6. The summed E-state index contributed by atoms with van der Waals surface area (Å²) < 4.78 is 0. The summed E-state index contributed by atoms with van der Waals surface area (Å²) in [5.41, 5.74) is 3.52. The van der Waals surface area contributed by atoms with E-state index >= 15 is 0 Å². The topological polar surface area (TPSA) is 72.9 Å². The molecule has 0 spiro atoms. The van der Waals surface area contributed by atoms with Crippen molar-refractivity contribution in [3.63, 3.8) is 0 Å². The molecule has 6 nitrogen and oxygen atoms in total. The normalized spacial score (nSPS) is 10.7. The second kappa shape index (κ2) is 14.5. The summed E-state index contributed by atoms with van der Waals surface area (Å²) in [7, 11) is 0. The zero-order chi connectivity index (χ0) is 24.3. The number of hydrogen-bond donors (Lipinski definition) is 2. The SMILES string of the molecule is CCCCN(CCCC)CN(Cc1ccc2ccccc2c1)C(=O)c1ccc(C(=O)NO)cc1.Cl. The molecule has 0 heterocycles. The molecule has 35 heavy (non-hydrogen) atoms. The van der Waals surface area contributed by atoms with Crippen LogP contribution in [0.1, 0.15) is 65.8 Å². The highest BCUT2D eigenvalue weighted by atomic mass is 35.5. The van der Waals surface area contributed by atoms with Gasteiger partial charge in [0.05, 0.1) is 6.67 Å². The van der Waals surface area contributed by atoms with Crippen LogP contribution in [-0.4, -0.2) is 46.6 Å². The monoisotopic (exact) mass is 497 g/mol. The van der Waals surface area contributed by atoms with E-state index in [1.165, 1.54) is 5.39 Å². The molecule has 0 aliphatic carbocycles. The smallest absolute Gasteiger partial charge is 0.274 e. The molecule has 0 saturated heterocycles. The molecule has 0 unspecified atom stereocenters. The summed E-state index contributed by atoms with van der Waals surface area (Å²) in [6, 6.07) is 20.9. The molecule has 0 bridgehead atoms. The fraction of sp³-hybridized carbons (Fsp3) is 0.357. The number of nitrogens with zero attached hydrogens (tertiary/aromatic N) is 2. The molecule has 0 fully saturated rings. The lowest BCUT2D eigenvalue weighted by molar-refractivity contribution is 0.0597. The molecule has 2 N–H and O–H groups in total. The Morgan fingerprint density at radius 2 is 1.43 bits per heavy atom. The van der Waals surface area contributed by atoms with E-state index in [9.17, 15) is 9.59 Å². The first-order chi connectivity index (χ1) is 16.5. The van der Waals surface area contributed by atoms with Crippen LogP contribution in [0.3, 0.4) is 0 Å². The number of carbonyl (C=O) groups excluding carboxylic acids is 2. The fourth-order valence-corrected chi connectivity index (χ4v) is 4.01. The van der Waals surface area contributed by atoms with Gasteiger partial charge in [0.15, 0.2) is 0 Å². The summed E-state index contributed by atoms with van der Waals surface area (Å²) >= 11 is 0. The molecule has 0 saturated carbocycles. The molecule has 0 atom stereocenters. The Labute approximate surface area is 214 Å². The summed E-state index contributed by atoms with van der Waals surface area (Å²) in [6.45, 7) is 7.31. The van der Waals surface area contributed by atoms with Crippen LogP contribution in [0.25, 0.3) is 10.8 Å². The maximum Gasteiger partial charge on any atom is 0.274 e. The number of benzene rings is 3. The average Bonchev–Trinajstić information content (AvgIpc) is 2.88. The predicted octanol–water partition coefficient (Wildman–Crippen LogP) is 5.88. The van der Waals surface area contributed by atoms with E-state index in [0.29, 0.717) is 24.3 Å². The van der Waals surface area contributed by atoms with Crippen molar-refractivity contribution in [3.05, 3.63) is 83.4 Å². The van der Waals surface area contributed by atoms with Gasteiger partial charge in [-0.3, -0.25) is 19.7 Å². The zero-order valence-electron chi connectivity index (χ0n) is 20.6. The fourth-order valence-electron chi connectivity index (χ4n) is 4.01. The Bertz CT molecular complexity index is 1080. The number of hydrogen-bond acceptors (Lipinski definition) is 4. The van der Waals surface area contributed by atoms with Crippen molar-refractivity contribution in [1.29, 1.82) is 0 Å². The molecule has 0 radical (unpaired) electrons. The van der Waals surface area contributed by atoms with Crippen molar-refractivity contribution in [3.8, 4) is 0 Å². The molecule has 7 heteroatoms. The van der Waals surface area contributed by atoms with E-state index < -0.39 is 5.91 Å². The summed E-state index contributed by atoms with van der Waals surface area (Å²) in [5, 5.41) is 11.2. The van der Waals surface area contributed by atoms with E-state index in [1.54, 1.807) is 29.7 Å². The van der Waals surface area contributed by atoms with Crippen LogP contribution in [0.5, 0.6) is 0 Å². The van der Waals surface area contributed by atoms with Crippen LogP contribution < -0.4 is 5.48 Å². The number of halogens is 1. The first-order valence-corrected chi connectivity index (χ1v) is 12.1. The summed E-state index contributed by atoms with van der Waals surface area (Å²) in [4.78, 5) is 29.5. The molecule has 3 aromatic carbocycles. The van der Waals surface area contributed by atoms with Crippen LogP contribution in [0.2, 0.25) is 0 Å². The van der Waals surface area contributed by atoms with E-state index in [-0.39, 0.29) is 18.3 Å². The Morgan fingerprint density at radius 3 is 2.03 bits per heavy atom. The second-order valence-corrected chi connectivity index (χ2v) is 8.67. The van der Waals surface area contributed by atoms with Gasteiger partial charge in [-0.1, -0.05) is 63.1 Å². The van der Waals surface area contributed by atoms with Gasteiger partial charge in [-0.2, -0.15) is 0 Å². The standard InChI is InChI=1S/C28H35N3O3.ClH/c1-3-5-17-30(18-6-4-2)21-31(20-22-11-12-23-9-7-8-10-26(23)19-22)28(33)25-15-13-24(14-16-25)27(32)29-34;/h7-16,19,34H,3-6,17-18,20-21H2,1-2H3,(H,29,32);1H. The van der Waals surface area contributed by atoms with Crippen molar-refractivity contribution < 1.29 is 14.8 Å². The van der Waals surface area contributed by atoms with Gasteiger partial charge in [-0.15, -0.1) is 12.4 Å². The third kappa shape index (κ3) is 8.06. The van der Waals surface area contributed by atoms with E-state index in [1.807, 2.05) is 17.0 Å². The molecule has 0 aliphatic heterocycles. The number of carbonyl (C=O) groups is 2. The van der Waals surface area contributed by atoms with Crippen molar-refractivity contribution in [2.45, 2.75) is 46.1 Å². The Hall–Kier alpha value is -2.93. The lowest BCUT2D eigenvalue weighted by atomic mass is 10.1. The predicted molar refractivity (Wildman–Crippen MR) is 143 cm³/mol. The Balaban J connectivity index is 0.00000432. The van der Waals surface area contributed by atoms with Gasteiger partial charge in [-0.05, 0) is 72.6 Å². The number of rotatable bonds is 12. The number of hydroxylamine groups is 1. The van der Waals surface area contributed by atoms with Crippen LogP contribution in [0, 0.1) is 0 Å². The highest BCUT2D eigenvalue weighted by molar-refractivity contribution is 5.97. The first kappa shape index (κ1) is 28.3. The lowest BCUT2D eigenvalue weighted by Gasteiger charge is -2.31. The Morgan fingerprint density at radius 1 is 0.829 bits per heavy atom. The lowest BCUT2D eigenvalue weighted by Crippen LogP contribution is -2.42. The van der Waals surface area contributed by atoms with Gasteiger partial charge in [-0.25, -0.2) is 5.48 Å². The van der Waals surface area contributed by atoms with Crippen molar-refractivity contribution in [2.75, 3.05) is 19.8 Å². The minimum absolute atomic E-state index is 0. The van der Waals surface area contributed by atoms with Gasteiger partial charge >= 0.3 is 0 Å². The quantitative estimate of drug-likeness (QED) is 0.186. The van der Waals surface area contributed by atoms with Crippen molar-refractivity contribution in [1.82, 2.24) is 15.3 Å². The third-order valence-electron chi connectivity index (χ3n) is 6.00. The molecular weight excluding hydrogens is 462 g/mol. The second-order valence-electron chi connectivity index (χ2n) is 8.67. The van der Waals surface area contributed by atoms with Gasteiger partial charge < -0.3 is 4.90 Å². The highest BCUT2D eigenvalue weighted by Crippen LogP contribution is 2.19. The van der Waals surface area contributed by atoms with Crippen LogP contribution in [0.15, 0.2) is 66.7 Å². The molecule has 3 rings (SSSR count). The largest absolute Gasteiger partial charge is 0.321 e. The molecule has 3 aromatic rings. The zero-order valence-corrected chi connectivity index (χ0v) is 21.4. The van der Waals surface area contributed by atoms with E-state index in [0.717, 1.165) is 49.7 Å². The van der Waals surface area contributed by atoms with Gasteiger partial charge in [0.2, 0.25) is 0 Å².